The zero-order valence-corrected chi connectivity index (χ0v) is 9.12. The van der Waals surface area contributed by atoms with Gasteiger partial charge < -0.3 is 0 Å². The molecule has 5 nitrogen and oxygen atoms in total. The maximum Gasteiger partial charge on any atom is 0.267 e. The first-order valence-electron chi connectivity index (χ1n) is 3.99. The van der Waals surface area contributed by atoms with Gasteiger partial charge in [-0.1, -0.05) is 41.7 Å². The molecule has 0 fully saturated rings. The molecular weight excluding hydrogens is 234 g/mol. The molecule has 2 rings (SSSR count). The second-order valence-electron chi connectivity index (χ2n) is 2.78. The molecule has 0 aliphatic carbocycles. The van der Waals surface area contributed by atoms with E-state index in [1.165, 1.54) is 0 Å². The minimum absolute atomic E-state index is 0.165. The number of aromatic nitrogens is 2. The lowest BCUT2D eigenvalue weighted by molar-refractivity contribution is 0.596. The van der Waals surface area contributed by atoms with E-state index in [2.05, 4.69) is 10.2 Å². The Kier molecular flexibility index (Phi) is 2.51. The van der Waals surface area contributed by atoms with E-state index < -0.39 is 10.0 Å². The van der Waals surface area contributed by atoms with Gasteiger partial charge in [0, 0.05) is 5.56 Å². The Morgan fingerprint density at radius 3 is 2.33 bits per heavy atom. The molecule has 2 aromatic rings. The molecule has 1 aromatic heterocycles. The third-order valence-electron chi connectivity index (χ3n) is 1.67. The maximum atomic E-state index is 11.0. The number of hydrogen-bond acceptors (Lipinski definition) is 5. The number of nitrogens with zero attached hydrogens (tertiary/aromatic N) is 2. The van der Waals surface area contributed by atoms with Crippen molar-refractivity contribution >= 4 is 21.4 Å². The average Bonchev–Trinajstić information content (AvgIpc) is 2.67. The van der Waals surface area contributed by atoms with Crippen LogP contribution < -0.4 is 5.14 Å². The minimum atomic E-state index is -3.75. The first-order chi connectivity index (χ1) is 7.07. The van der Waals surface area contributed by atoms with Crippen molar-refractivity contribution in [2.45, 2.75) is 4.34 Å². The Balaban J connectivity index is 2.46. The smallest absolute Gasteiger partial charge is 0.223 e. The molecule has 1 aromatic carbocycles. The van der Waals surface area contributed by atoms with Crippen LogP contribution in [0.4, 0.5) is 0 Å². The Morgan fingerprint density at radius 1 is 1.13 bits per heavy atom. The first kappa shape index (κ1) is 10.2. The highest BCUT2D eigenvalue weighted by molar-refractivity contribution is 7.91. The van der Waals surface area contributed by atoms with Crippen LogP contribution in [0, 0.1) is 0 Å². The second-order valence-corrected chi connectivity index (χ2v) is 5.50. The summed E-state index contributed by atoms with van der Waals surface area (Å²) in [6, 6.07) is 9.20. The number of sulfonamides is 1. The molecule has 0 saturated heterocycles. The van der Waals surface area contributed by atoms with Crippen molar-refractivity contribution in [2.24, 2.45) is 5.14 Å². The van der Waals surface area contributed by atoms with Gasteiger partial charge in [0.05, 0.1) is 0 Å². The average molecular weight is 241 g/mol. The lowest BCUT2D eigenvalue weighted by atomic mass is 10.2. The Morgan fingerprint density at radius 2 is 1.80 bits per heavy atom. The van der Waals surface area contributed by atoms with E-state index in [1.54, 1.807) is 0 Å². The van der Waals surface area contributed by atoms with Gasteiger partial charge in [-0.25, -0.2) is 13.6 Å². The van der Waals surface area contributed by atoms with Crippen LogP contribution in [0.1, 0.15) is 0 Å². The van der Waals surface area contributed by atoms with Crippen LogP contribution >= 0.6 is 11.3 Å². The van der Waals surface area contributed by atoms with Crippen LogP contribution in [0.25, 0.3) is 10.6 Å². The van der Waals surface area contributed by atoms with Gasteiger partial charge in [0.15, 0.2) is 0 Å². The van der Waals surface area contributed by atoms with E-state index in [0.29, 0.717) is 5.01 Å². The number of rotatable bonds is 2. The van der Waals surface area contributed by atoms with Gasteiger partial charge in [0.25, 0.3) is 10.0 Å². The predicted molar refractivity (Wildman–Crippen MR) is 56.7 cm³/mol. The van der Waals surface area contributed by atoms with E-state index >= 15 is 0 Å². The predicted octanol–water partition coefficient (Wildman–Crippen LogP) is 0.853. The normalized spacial score (nSPS) is 11.5. The summed E-state index contributed by atoms with van der Waals surface area (Å²) in [5.74, 6) is 0. The van der Waals surface area contributed by atoms with Crippen molar-refractivity contribution in [1.82, 2.24) is 10.2 Å². The second kappa shape index (κ2) is 3.69. The molecule has 0 saturated carbocycles. The van der Waals surface area contributed by atoms with Gasteiger partial charge in [-0.2, -0.15) is 0 Å². The molecule has 0 unspecified atom stereocenters. The number of primary sulfonamides is 1. The highest BCUT2D eigenvalue weighted by Gasteiger charge is 2.15. The molecule has 0 amide bonds. The standard InChI is InChI=1S/C8H7N3O2S2/c9-15(12,13)8-11-10-7(14-8)6-4-2-1-3-5-6/h1-5H,(H2,9,12,13). The van der Waals surface area contributed by atoms with Gasteiger partial charge in [-0.05, 0) is 0 Å². The van der Waals surface area contributed by atoms with Crippen LogP contribution in [-0.4, -0.2) is 18.6 Å². The summed E-state index contributed by atoms with van der Waals surface area (Å²) < 4.78 is 21.8. The third kappa shape index (κ3) is 2.20. The molecule has 0 aliphatic rings. The lowest BCUT2D eigenvalue weighted by Gasteiger charge is -1.91. The van der Waals surface area contributed by atoms with Crippen molar-refractivity contribution in [3.63, 3.8) is 0 Å². The first-order valence-corrected chi connectivity index (χ1v) is 6.35. The van der Waals surface area contributed by atoms with Gasteiger partial charge in [0.1, 0.15) is 5.01 Å². The fourth-order valence-electron chi connectivity index (χ4n) is 1.02. The fourth-order valence-corrected chi connectivity index (χ4v) is 2.46. The highest BCUT2D eigenvalue weighted by atomic mass is 32.2. The van der Waals surface area contributed by atoms with Gasteiger partial charge in [-0.15, -0.1) is 10.2 Å². The number of hydrogen-bond donors (Lipinski definition) is 1. The molecule has 0 radical (unpaired) electrons. The topological polar surface area (TPSA) is 85.9 Å². The van der Waals surface area contributed by atoms with E-state index in [0.717, 1.165) is 16.9 Å². The lowest BCUT2D eigenvalue weighted by Crippen LogP contribution is -2.11. The molecule has 1 heterocycles. The van der Waals surface area contributed by atoms with Gasteiger partial charge >= 0.3 is 0 Å². The minimum Gasteiger partial charge on any atom is -0.223 e. The quantitative estimate of drug-likeness (QED) is 0.844. The molecule has 78 valence electrons. The van der Waals surface area contributed by atoms with Crippen LogP contribution in [0.5, 0.6) is 0 Å². The van der Waals surface area contributed by atoms with Crippen molar-refractivity contribution in [3.8, 4) is 10.6 Å². The van der Waals surface area contributed by atoms with E-state index in [9.17, 15) is 8.42 Å². The monoisotopic (exact) mass is 241 g/mol. The summed E-state index contributed by atoms with van der Waals surface area (Å²) in [7, 11) is -3.75. The third-order valence-corrected chi connectivity index (χ3v) is 3.95. The van der Waals surface area contributed by atoms with Crippen LogP contribution in [0.15, 0.2) is 34.7 Å². The molecule has 0 spiro atoms. The van der Waals surface area contributed by atoms with Crippen molar-refractivity contribution in [2.75, 3.05) is 0 Å². The summed E-state index contributed by atoms with van der Waals surface area (Å²) in [4.78, 5) is 0. The molecule has 15 heavy (non-hydrogen) atoms. The van der Waals surface area contributed by atoms with E-state index in [1.807, 2.05) is 30.3 Å². The maximum absolute atomic E-state index is 11.0. The zero-order chi connectivity index (χ0) is 10.9. The fraction of sp³-hybridized carbons (Fsp3) is 0. The molecule has 7 heteroatoms. The summed E-state index contributed by atoms with van der Waals surface area (Å²) >= 11 is 0.958. The summed E-state index contributed by atoms with van der Waals surface area (Å²) in [5, 5.41) is 12.8. The summed E-state index contributed by atoms with van der Waals surface area (Å²) in [6.45, 7) is 0. The zero-order valence-electron chi connectivity index (χ0n) is 7.49. The summed E-state index contributed by atoms with van der Waals surface area (Å²) in [6.07, 6.45) is 0. The summed E-state index contributed by atoms with van der Waals surface area (Å²) in [5.41, 5.74) is 0.824. The molecule has 2 N–H and O–H groups in total. The van der Waals surface area contributed by atoms with Crippen LogP contribution in [-0.2, 0) is 10.0 Å². The van der Waals surface area contributed by atoms with Gasteiger partial charge in [0.2, 0.25) is 4.34 Å². The van der Waals surface area contributed by atoms with Crippen LogP contribution in [0.3, 0.4) is 0 Å². The Hall–Kier alpha value is -1.31. The molecule has 0 aliphatic heterocycles. The molecule has 0 atom stereocenters. The number of nitrogens with two attached hydrogens (primary N) is 1. The SMILES string of the molecule is NS(=O)(=O)c1nnc(-c2ccccc2)s1. The molecular formula is C8H7N3O2S2. The Labute approximate surface area is 90.6 Å². The Bertz CT molecular complexity index is 563. The van der Waals surface area contributed by atoms with Crippen LogP contribution in [0.2, 0.25) is 0 Å². The van der Waals surface area contributed by atoms with E-state index in [-0.39, 0.29) is 4.34 Å². The van der Waals surface area contributed by atoms with Gasteiger partial charge in [-0.3, -0.25) is 0 Å². The van der Waals surface area contributed by atoms with E-state index in [4.69, 9.17) is 5.14 Å². The van der Waals surface area contributed by atoms with Crippen molar-refractivity contribution < 1.29 is 8.42 Å². The number of benzene rings is 1. The van der Waals surface area contributed by atoms with Crippen molar-refractivity contribution in [1.29, 1.82) is 0 Å². The molecule has 0 bridgehead atoms. The highest BCUT2D eigenvalue weighted by Crippen LogP contribution is 2.24. The van der Waals surface area contributed by atoms with Crippen molar-refractivity contribution in [3.05, 3.63) is 30.3 Å². The largest absolute Gasteiger partial charge is 0.267 e.